The minimum Gasteiger partial charge on any atom is -0.378 e. The van der Waals surface area contributed by atoms with Crippen molar-refractivity contribution in [2.24, 2.45) is 0 Å². The quantitative estimate of drug-likeness (QED) is 0.307. The number of fused-ring (bicyclic) bond motifs is 1. The monoisotopic (exact) mass is 652 g/mol. The number of carbonyl (C=O) groups is 2. The lowest BCUT2D eigenvalue weighted by Crippen LogP contribution is -2.61. The molecule has 0 aliphatic carbocycles. The van der Waals surface area contributed by atoms with Gasteiger partial charge in [0, 0.05) is 32.2 Å². The average molecular weight is 653 g/mol. The summed E-state index contributed by atoms with van der Waals surface area (Å²) in [6.07, 6.45) is -8.88. The molecule has 0 saturated carbocycles. The summed E-state index contributed by atoms with van der Waals surface area (Å²) >= 11 is 0. The summed E-state index contributed by atoms with van der Waals surface area (Å²) in [5, 5.41) is 0. The molecule has 0 radical (unpaired) electrons. The summed E-state index contributed by atoms with van der Waals surface area (Å²) < 4.78 is 101. The lowest BCUT2D eigenvalue weighted by molar-refractivity contribution is -0.143. The molecule has 0 bridgehead atoms. The van der Waals surface area contributed by atoms with Gasteiger partial charge in [-0.25, -0.2) is 9.37 Å². The maximum Gasteiger partial charge on any atom is 0.416 e. The molecule has 2 saturated heterocycles. The number of rotatable bonds is 5. The Balaban J connectivity index is 1.58. The van der Waals surface area contributed by atoms with Crippen LogP contribution in [-0.4, -0.2) is 67.6 Å². The SMILES string of the molecule is Cc1cc(F)ccc1-c1cc(N2CCN3CCOCC3C2=O)ncc1N(C)C(=O)C(C)(C)c1cc(C(F)(F)F)cc(C(F)(F)F)c1. The molecule has 2 aromatic carbocycles. The maximum absolute atomic E-state index is 14.1. The van der Waals surface area contributed by atoms with Crippen LogP contribution in [0.4, 0.5) is 42.2 Å². The van der Waals surface area contributed by atoms with Crippen molar-refractivity contribution in [3.05, 3.63) is 76.7 Å². The number of alkyl halides is 6. The number of hydrogen-bond acceptors (Lipinski definition) is 5. The first-order valence-electron chi connectivity index (χ1n) is 14.4. The number of amides is 2. The second kappa shape index (κ2) is 12.0. The van der Waals surface area contributed by atoms with E-state index < -0.39 is 52.2 Å². The van der Waals surface area contributed by atoms with Crippen LogP contribution in [0.1, 0.15) is 36.1 Å². The summed E-state index contributed by atoms with van der Waals surface area (Å²) in [5.41, 5.74) is -4.00. The van der Waals surface area contributed by atoms with E-state index in [9.17, 15) is 40.3 Å². The number of ether oxygens (including phenoxy) is 1. The first-order chi connectivity index (χ1) is 21.4. The van der Waals surface area contributed by atoms with Crippen molar-refractivity contribution in [2.45, 2.75) is 44.6 Å². The predicted octanol–water partition coefficient (Wildman–Crippen LogP) is 6.22. The van der Waals surface area contributed by atoms with Gasteiger partial charge in [-0.15, -0.1) is 0 Å². The number of hydrogen-bond donors (Lipinski definition) is 0. The Morgan fingerprint density at radius 3 is 2.15 bits per heavy atom. The van der Waals surface area contributed by atoms with Crippen LogP contribution in [0.3, 0.4) is 0 Å². The van der Waals surface area contributed by atoms with Crippen LogP contribution in [-0.2, 0) is 32.1 Å². The highest BCUT2D eigenvalue weighted by atomic mass is 19.4. The number of halogens is 7. The van der Waals surface area contributed by atoms with Gasteiger partial charge in [-0.3, -0.25) is 19.4 Å². The molecule has 46 heavy (non-hydrogen) atoms. The number of pyridine rings is 1. The third-order valence-electron chi connectivity index (χ3n) is 8.53. The van der Waals surface area contributed by atoms with Crippen molar-refractivity contribution >= 4 is 23.3 Å². The highest BCUT2D eigenvalue weighted by Crippen LogP contribution is 2.41. The van der Waals surface area contributed by atoms with E-state index >= 15 is 0 Å². The minimum atomic E-state index is -5.10. The third-order valence-corrected chi connectivity index (χ3v) is 8.53. The molecular weight excluding hydrogens is 621 g/mol. The standard InChI is InChI=1S/C32H31F7N4O3/c1-18-11-22(33)5-6-23(18)24-15-27(43-8-7-42-9-10-46-17-26(42)28(43)44)40-16-25(24)41(4)29(45)30(2,3)19-12-20(31(34,35)36)14-21(13-19)32(37,38)39/h5-6,11-16,26H,7-10,17H2,1-4H3. The zero-order valence-corrected chi connectivity index (χ0v) is 25.4. The van der Waals surface area contributed by atoms with Gasteiger partial charge in [0.15, 0.2) is 0 Å². The van der Waals surface area contributed by atoms with Gasteiger partial charge in [-0.2, -0.15) is 26.3 Å². The molecule has 3 heterocycles. The van der Waals surface area contributed by atoms with Gasteiger partial charge in [0.05, 0.1) is 41.6 Å². The second-order valence-corrected chi connectivity index (χ2v) is 11.9. The fourth-order valence-electron chi connectivity index (χ4n) is 5.84. The number of likely N-dealkylation sites (N-methyl/N-ethyl adjacent to an activating group) is 1. The number of anilines is 2. The Bertz CT molecular complexity index is 1640. The molecule has 2 amide bonds. The van der Waals surface area contributed by atoms with Gasteiger partial charge in [0.2, 0.25) is 11.8 Å². The van der Waals surface area contributed by atoms with E-state index in [1.165, 1.54) is 50.2 Å². The molecule has 7 nitrogen and oxygen atoms in total. The summed E-state index contributed by atoms with van der Waals surface area (Å²) in [7, 11) is 1.32. The third kappa shape index (κ3) is 6.32. The Labute approximate surface area is 260 Å². The number of morpholine rings is 1. The molecule has 3 aromatic rings. The number of aromatic nitrogens is 1. The van der Waals surface area contributed by atoms with Crippen molar-refractivity contribution in [1.82, 2.24) is 9.88 Å². The van der Waals surface area contributed by atoms with Crippen LogP contribution in [0.15, 0.2) is 48.7 Å². The van der Waals surface area contributed by atoms with Crippen molar-refractivity contribution in [1.29, 1.82) is 0 Å². The number of piperazine rings is 1. The fourth-order valence-corrected chi connectivity index (χ4v) is 5.84. The molecule has 0 spiro atoms. The molecule has 1 unspecified atom stereocenters. The van der Waals surface area contributed by atoms with Crippen molar-refractivity contribution < 1.29 is 45.1 Å². The molecule has 246 valence electrons. The number of carbonyl (C=O) groups excluding carboxylic acids is 2. The van der Waals surface area contributed by atoms with E-state index in [1.807, 2.05) is 4.90 Å². The molecule has 2 aliphatic heterocycles. The second-order valence-electron chi connectivity index (χ2n) is 11.9. The first-order valence-corrected chi connectivity index (χ1v) is 14.4. The topological polar surface area (TPSA) is 66.0 Å². The molecule has 2 aliphatic rings. The summed E-state index contributed by atoms with van der Waals surface area (Å²) in [4.78, 5) is 36.5. The van der Waals surface area contributed by atoms with Crippen LogP contribution >= 0.6 is 0 Å². The number of benzene rings is 2. The summed E-state index contributed by atoms with van der Waals surface area (Å²) in [6, 6.07) is 6.11. The van der Waals surface area contributed by atoms with Gasteiger partial charge < -0.3 is 9.64 Å². The Kier molecular flexibility index (Phi) is 8.66. The lowest BCUT2D eigenvalue weighted by Gasteiger charge is -2.42. The molecular formula is C32H31F7N4O3. The normalized spacial score (nSPS) is 18.0. The highest BCUT2D eigenvalue weighted by Gasteiger charge is 2.42. The van der Waals surface area contributed by atoms with E-state index in [1.54, 1.807) is 13.0 Å². The van der Waals surface area contributed by atoms with E-state index in [0.717, 1.165) is 4.90 Å². The zero-order chi connectivity index (χ0) is 33.8. The van der Waals surface area contributed by atoms with Gasteiger partial charge in [-0.05, 0) is 73.9 Å². The Morgan fingerprint density at radius 1 is 0.913 bits per heavy atom. The predicted molar refractivity (Wildman–Crippen MR) is 156 cm³/mol. The number of aryl methyl sites for hydroxylation is 1. The first kappa shape index (κ1) is 33.3. The fraction of sp³-hybridized carbons (Fsp3) is 0.406. The van der Waals surface area contributed by atoms with E-state index in [4.69, 9.17) is 4.74 Å². The van der Waals surface area contributed by atoms with Crippen LogP contribution in [0.2, 0.25) is 0 Å². The van der Waals surface area contributed by atoms with E-state index in [0.29, 0.717) is 55.1 Å². The largest absolute Gasteiger partial charge is 0.416 e. The van der Waals surface area contributed by atoms with E-state index in [-0.39, 0.29) is 30.1 Å². The Morgan fingerprint density at radius 2 is 1.54 bits per heavy atom. The van der Waals surface area contributed by atoms with Crippen molar-refractivity contribution in [3.63, 3.8) is 0 Å². The zero-order valence-electron chi connectivity index (χ0n) is 25.4. The highest BCUT2D eigenvalue weighted by molar-refractivity contribution is 6.04. The molecule has 2 fully saturated rings. The minimum absolute atomic E-state index is 0.00633. The molecule has 1 atom stereocenters. The lowest BCUT2D eigenvalue weighted by atomic mass is 9.81. The molecule has 5 rings (SSSR count). The molecule has 0 N–H and O–H groups in total. The van der Waals surface area contributed by atoms with Crippen molar-refractivity contribution in [3.8, 4) is 11.1 Å². The van der Waals surface area contributed by atoms with Crippen LogP contribution < -0.4 is 9.80 Å². The molecule has 14 heteroatoms. The van der Waals surface area contributed by atoms with Crippen molar-refractivity contribution in [2.75, 3.05) is 49.7 Å². The average Bonchev–Trinajstić information content (AvgIpc) is 2.99. The Hall–Kier alpha value is -4.04. The van der Waals surface area contributed by atoms with Gasteiger partial charge in [0.25, 0.3) is 0 Å². The van der Waals surface area contributed by atoms with Gasteiger partial charge >= 0.3 is 12.4 Å². The maximum atomic E-state index is 14.1. The van der Waals surface area contributed by atoms with Crippen LogP contribution in [0.5, 0.6) is 0 Å². The smallest absolute Gasteiger partial charge is 0.378 e. The summed E-state index contributed by atoms with van der Waals surface area (Å²) in [5.74, 6) is -1.33. The van der Waals surface area contributed by atoms with E-state index in [2.05, 4.69) is 4.98 Å². The van der Waals surface area contributed by atoms with Gasteiger partial charge in [-0.1, -0.05) is 6.07 Å². The van der Waals surface area contributed by atoms with Crippen LogP contribution in [0.25, 0.3) is 11.1 Å². The number of nitrogens with zero attached hydrogens (tertiary/aromatic N) is 4. The molecule has 1 aromatic heterocycles. The van der Waals surface area contributed by atoms with Crippen LogP contribution in [0, 0.1) is 12.7 Å². The summed E-state index contributed by atoms with van der Waals surface area (Å²) in [6.45, 7) is 6.33. The van der Waals surface area contributed by atoms with Gasteiger partial charge in [0.1, 0.15) is 17.7 Å².